The second kappa shape index (κ2) is 7.30. The molecule has 2 N–H and O–H groups in total. The Bertz CT molecular complexity index is 881. The SMILES string of the molecule is COc1ccc(CNC(=O)C2(C(=O)Nc3ccc(F)c(F)c3F)CC2)cc1. The molecule has 1 fully saturated rings. The number of halogens is 3. The second-order valence-corrected chi connectivity index (χ2v) is 6.29. The van der Waals surface area contributed by atoms with E-state index in [0.717, 1.165) is 11.6 Å². The highest BCUT2D eigenvalue weighted by Crippen LogP contribution is 2.47. The molecule has 2 aromatic carbocycles. The maximum Gasteiger partial charge on any atom is 0.240 e. The number of ether oxygens (including phenoxy) is 1. The Kier molecular flexibility index (Phi) is 5.07. The summed E-state index contributed by atoms with van der Waals surface area (Å²) in [6.45, 7) is 0.206. The number of carbonyl (C=O) groups excluding carboxylic acids is 2. The average Bonchev–Trinajstić information content (AvgIpc) is 3.49. The molecule has 1 aliphatic rings. The fourth-order valence-corrected chi connectivity index (χ4v) is 2.64. The van der Waals surface area contributed by atoms with Crippen LogP contribution < -0.4 is 15.4 Å². The van der Waals surface area contributed by atoms with Crippen LogP contribution in [0.1, 0.15) is 18.4 Å². The molecule has 0 heterocycles. The van der Waals surface area contributed by atoms with Crippen molar-refractivity contribution < 1.29 is 27.5 Å². The van der Waals surface area contributed by atoms with Gasteiger partial charge in [-0.3, -0.25) is 9.59 Å². The van der Waals surface area contributed by atoms with Crippen molar-refractivity contribution in [3.8, 4) is 5.75 Å². The van der Waals surface area contributed by atoms with Crippen LogP contribution in [-0.4, -0.2) is 18.9 Å². The summed E-state index contributed by atoms with van der Waals surface area (Å²) in [5.41, 5.74) is -1.02. The summed E-state index contributed by atoms with van der Waals surface area (Å²) in [6, 6.07) is 8.65. The lowest BCUT2D eigenvalue weighted by Crippen LogP contribution is -2.39. The molecule has 5 nitrogen and oxygen atoms in total. The van der Waals surface area contributed by atoms with Gasteiger partial charge in [-0.2, -0.15) is 0 Å². The first-order chi connectivity index (χ1) is 12.9. The fraction of sp³-hybridized carbons (Fsp3) is 0.263. The van der Waals surface area contributed by atoms with E-state index in [1.807, 2.05) is 0 Å². The van der Waals surface area contributed by atoms with Crippen LogP contribution in [0, 0.1) is 22.9 Å². The van der Waals surface area contributed by atoms with E-state index < -0.39 is 40.4 Å². The first-order valence-corrected chi connectivity index (χ1v) is 8.23. The van der Waals surface area contributed by atoms with Gasteiger partial charge >= 0.3 is 0 Å². The fourth-order valence-electron chi connectivity index (χ4n) is 2.64. The molecule has 3 rings (SSSR count). The number of methoxy groups -OCH3 is 1. The zero-order chi connectivity index (χ0) is 19.6. The highest BCUT2D eigenvalue weighted by atomic mass is 19.2. The molecule has 2 aromatic rings. The van der Waals surface area contributed by atoms with Crippen molar-refractivity contribution in [2.45, 2.75) is 19.4 Å². The van der Waals surface area contributed by atoms with Crippen LogP contribution in [0.25, 0.3) is 0 Å². The van der Waals surface area contributed by atoms with Crippen molar-refractivity contribution in [3.05, 3.63) is 59.4 Å². The molecule has 0 unspecified atom stereocenters. The third kappa shape index (κ3) is 3.74. The maximum atomic E-state index is 13.7. The van der Waals surface area contributed by atoms with E-state index in [0.29, 0.717) is 24.7 Å². The summed E-state index contributed by atoms with van der Waals surface area (Å²) in [5.74, 6) is -5.11. The Morgan fingerprint density at radius 3 is 2.26 bits per heavy atom. The molecule has 8 heteroatoms. The molecule has 0 spiro atoms. The zero-order valence-electron chi connectivity index (χ0n) is 14.4. The predicted octanol–water partition coefficient (Wildman–Crippen LogP) is 3.15. The van der Waals surface area contributed by atoms with Crippen molar-refractivity contribution >= 4 is 17.5 Å². The first kappa shape index (κ1) is 18.8. The minimum Gasteiger partial charge on any atom is -0.497 e. The van der Waals surface area contributed by atoms with Gasteiger partial charge < -0.3 is 15.4 Å². The van der Waals surface area contributed by atoms with Crippen molar-refractivity contribution in [1.29, 1.82) is 0 Å². The molecule has 2 amide bonds. The number of hydrogen-bond acceptors (Lipinski definition) is 3. The van der Waals surface area contributed by atoms with Gasteiger partial charge in [0.05, 0.1) is 12.8 Å². The molecule has 0 radical (unpaired) electrons. The van der Waals surface area contributed by atoms with Gasteiger partial charge in [0.1, 0.15) is 11.2 Å². The molecule has 0 atom stereocenters. The van der Waals surface area contributed by atoms with Gasteiger partial charge in [-0.25, -0.2) is 13.2 Å². The molecule has 27 heavy (non-hydrogen) atoms. The van der Waals surface area contributed by atoms with Gasteiger partial charge in [-0.05, 0) is 42.7 Å². The maximum absolute atomic E-state index is 13.7. The van der Waals surface area contributed by atoms with E-state index in [4.69, 9.17) is 4.74 Å². The van der Waals surface area contributed by atoms with Crippen LogP contribution in [0.5, 0.6) is 5.75 Å². The third-order valence-electron chi connectivity index (χ3n) is 4.51. The number of anilines is 1. The number of carbonyl (C=O) groups is 2. The average molecular weight is 378 g/mol. The molecular weight excluding hydrogens is 361 g/mol. The van der Waals surface area contributed by atoms with E-state index in [1.54, 1.807) is 31.4 Å². The van der Waals surface area contributed by atoms with Crippen LogP contribution in [0.2, 0.25) is 0 Å². The smallest absolute Gasteiger partial charge is 0.240 e. The molecule has 142 valence electrons. The summed E-state index contributed by atoms with van der Waals surface area (Å²) in [5, 5.41) is 4.85. The Balaban J connectivity index is 1.64. The predicted molar refractivity (Wildman–Crippen MR) is 91.5 cm³/mol. The number of nitrogens with one attached hydrogen (secondary N) is 2. The van der Waals surface area contributed by atoms with Crippen molar-refractivity contribution in [2.75, 3.05) is 12.4 Å². The minimum absolute atomic E-state index is 0.206. The van der Waals surface area contributed by atoms with Crippen LogP contribution in [0.15, 0.2) is 36.4 Å². The lowest BCUT2D eigenvalue weighted by Gasteiger charge is -2.16. The zero-order valence-corrected chi connectivity index (χ0v) is 14.4. The lowest BCUT2D eigenvalue weighted by atomic mass is 10.0. The largest absolute Gasteiger partial charge is 0.497 e. The number of hydrogen-bond donors (Lipinski definition) is 2. The van der Waals surface area contributed by atoms with E-state index in [9.17, 15) is 22.8 Å². The summed E-state index contributed by atoms with van der Waals surface area (Å²) in [7, 11) is 1.54. The van der Waals surface area contributed by atoms with E-state index in [1.165, 1.54) is 0 Å². The normalized spacial score (nSPS) is 14.4. The van der Waals surface area contributed by atoms with Gasteiger partial charge in [0.2, 0.25) is 11.8 Å². The van der Waals surface area contributed by atoms with Gasteiger partial charge in [0, 0.05) is 6.54 Å². The second-order valence-electron chi connectivity index (χ2n) is 6.29. The standard InChI is InChI=1S/C19H17F3N2O3/c1-27-12-4-2-11(3-5-12)10-23-17(25)19(8-9-19)18(26)24-14-7-6-13(20)15(21)16(14)22/h2-7H,8-10H2,1H3,(H,23,25)(H,24,26). The molecule has 0 aliphatic heterocycles. The Hall–Kier alpha value is -3.03. The van der Waals surface area contributed by atoms with Gasteiger partial charge in [-0.1, -0.05) is 12.1 Å². The number of amides is 2. The van der Waals surface area contributed by atoms with Gasteiger partial charge in [0.15, 0.2) is 17.5 Å². The third-order valence-corrected chi connectivity index (χ3v) is 4.51. The molecule has 0 bridgehead atoms. The van der Waals surface area contributed by atoms with Crippen LogP contribution in [-0.2, 0) is 16.1 Å². The van der Waals surface area contributed by atoms with E-state index >= 15 is 0 Å². The monoisotopic (exact) mass is 378 g/mol. The summed E-state index contributed by atoms with van der Waals surface area (Å²) >= 11 is 0. The Morgan fingerprint density at radius 2 is 1.67 bits per heavy atom. The van der Waals surface area contributed by atoms with Crippen LogP contribution >= 0.6 is 0 Å². The van der Waals surface area contributed by atoms with Gasteiger partial charge in [0.25, 0.3) is 0 Å². The van der Waals surface area contributed by atoms with Gasteiger partial charge in [-0.15, -0.1) is 0 Å². The van der Waals surface area contributed by atoms with Crippen molar-refractivity contribution in [1.82, 2.24) is 5.32 Å². The Morgan fingerprint density at radius 1 is 1.00 bits per heavy atom. The van der Waals surface area contributed by atoms with E-state index in [-0.39, 0.29) is 6.54 Å². The Labute approximate surface area is 153 Å². The first-order valence-electron chi connectivity index (χ1n) is 8.23. The summed E-state index contributed by atoms with van der Waals surface area (Å²) in [6.07, 6.45) is 0.581. The summed E-state index contributed by atoms with van der Waals surface area (Å²) < 4.78 is 45.0. The minimum atomic E-state index is -1.68. The topological polar surface area (TPSA) is 67.4 Å². The highest BCUT2D eigenvalue weighted by molar-refractivity contribution is 6.13. The summed E-state index contributed by atoms with van der Waals surface area (Å²) in [4.78, 5) is 24.8. The van der Waals surface area contributed by atoms with Crippen molar-refractivity contribution in [3.63, 3.8) is 0 Å². The number of rotatable bonds is 6. The van der Waals surface area contributed by atoms with Crippen LogP contribution in [0.4, 0.5) is 18.9 Å². The lowest BCUT2D eigenvalue weighted by molar-refractivity contribution is -0.134. The molecule has 0 aromatic heterocycles. The quantitative estimate of drug-likeness (QED) is 0.600. The van der Waals surface area contributed by atoms with Crippen LogP contribution in [0.3, 0.4) is 0 Å². The molecule has 0 saturated heterocycles. The molecule has 1 saturated carbocycles. The number of benzene rings is 2. The molecule has 1 aliphatic carbocycles. The van der Waals surface area contributed by atoms with Crippen molar-refractivity contribution in [2.24, 2.45) is 5.41 Å². The van der Waals surface area contributed by atoms with E-state index in [2.05, 4.69) is 10.6 Å². The molecular formula is C19H17F3N2O3. The highest BCUT2D eigenvalue weighted by Gasteiger charge is 2.56.